The van der Waals surface area contributed by atoms with Crippen LogP contribution in [0.4, 0.5) is 0 Å². The fourth-order valence-electron chi connectivity index (χ4n) is 2.79. The number of aryl methyl sites for hydroxylation is 1. The zero-order valence-electron chi connectivity index (χ0n) is 13.5. The van der Waals surface area contributed by atoms with Gasteiger partial charge in [0, 0.05) is 31.4 Å². The molecule has 0 spiro atoms. The SMILES string of the molecule is Cc1c(CNCC(O)COC2CCC(C)CC2)cnn1C. The quantitative estimate of drug-likeness (QED) is 0.805. The smallest absolute Gasteiger partial charge is 0.0897 e. The Morgan fingerprint density at radius 1 is 1.43 bits per heavy atom. The van der Waals surface area contributed by atoms with Gasteiger partial charge in [-0.05, 0) is 38.5 Å². The third kappa shape index (κ3) is 5.09. The van der Waals surface area contributed by atoms with Crippen molar-refractivity contribution in [3.63, 3.8) is 0 Å². The maximum Gasteiger partial charge on any atom is 0.0897 e. The molecule has 1 heterocycles. The molecule has 1 aromatic rings. The molecular formula is C16H29N3O2. The number of aromatic nitrogens is 2. The Balaban J connectivity index is 1.59. The molecular weight excluding hydrogens is 266 g/mol. The highest BCUT2D eigenvalue weighted by atomic mass is 16.5. The van der Waals surface area contributed by atoms with Gasteiger partial charge in [-0.15, -0.1) is 0 Å². The van der Waals surface area contributed by atoms with Gasteiger partial charge in [0.1, 0.15) is 0 Å². The summed E-state index contributed by atoms with van der Waals surface area (Å²) in [6.45, 7) is 6.07. The van der Waals surface area contributed by atoms with Crippen LogP contribution >= 0.6 is 0 Å². The van der Waals surface area contributed by atoms with E-state index in [9.17, 15) is 5.11 Å². The first kappa shape index (κ1) is 16.5. The summed E-state index contributed by atoms with van der Waals surface area (Å²) in [5, 5.41) is 17.5. The van der Waals surface area contributed by atoms with Crippen LogP contribution in [0.5, 0.6) is 0 Å². The predicted molar refractivity (Wildman–Crippen MR) is 83.0 cm³/mol. The molecule has 1 unspecified atom stereocenters. The highest BCUT2D eigenvalue weighted by Gasteiger charge is 2.19. The van der Waals surface area contributed by atoms with E-state index in [2.05, 4.69) is 17.3 Å². The zero-order valence-corrected chi connectivity index (χ0v) is 13.5. The van der Waals surface area contributed by atoms with Gasteiger partial charge in [-0.25, -0.2) is 0 Å². The maximum atomic E-state index is 9.98. The second-order valence-electron chi connectivity index (χ2n) is 6.38. The highest BCUT2D eigenvalue weighted by Crippen LogP contribution is 2.25. The molecule has 21 heavy (non-hydrogen) atoms. The summed E-state index contributed by atoms with van der Waals surface area (Å²) in [6.07, 6.45) is 6.54. The number of nitrogens with one attached hydrogen (secondary N) is 1. The van der Waals surface area contributed by atoms with Crippen molar-refractivity contribution in [1.29, 1.82) is 0 Å². The summed E-state index contributed by atoms with van der Waals surface area (Å²) in [5.41, 5.74) is 2.33. The first-order chi connectivity index (χ1) is 10.1. The Morgan fingerprint density at radius 3 is 2.76 bits per heavy atom. The van der Waals surface area contributed by atoms with Crippen LogP contribution in [0.25, 0.3) is 0 Å². The summed E-state index contributed by atoms with van der Waals surface area (Å²) < 4.78 is 7.68. The van der Waals surface area contributed by atoms with Crippen molar-refractivity contribution in [3.8, 4) is 0 Å². The molecule has 0 saturated heterocycles. The number of aliphatic hydroxyl groups excluding tert-OH is 1. The molecule has 0 aliphatic heterocycles. The van der Waals surface area contributed by atoms with Gasteiger partial charge in [-0.3, -0.25) is 4.68 Å². The number of hydrogen-bond acceptors (Lipinski definition) is 4. The van der Waals surface area contributed by atoms with E-state index in [1.54, 1.807) is 0 Å². The molecule has 120 valence electrons. The fourth-order valence-corrected chi connectivity index (χ4v) is 2.79. The third-order valence-electron chi connectivity index (χ3n) is 4.52. The molecule has 1 aliphatic rings. The molecule has 5 heteroatoms. The van der Waals surface area contributed by atoms with Crippen LogP contribution in [0.3, 0.4) is 0 Å². The second kappa shape index (κ2) is 7.92. The molecule has 0 aromatic carbocycles. The molecule has 0 amide bonds. The average molecular weight is 295 g/mol. The van der Waals surface area contributed by atoms with E-state index in [0.717, 1.165) is 31.0 Å². The van der Waals surface area contributed by atoms with Crippen molar-refractivity contribution in [2.75, 3.05) is 13.2 Å². The van der Waals surface area contributed by atoms with E-state index in [0.29, 0.717) is 19.3 Å². The van der Waals surface area contributed by atoms with Crippen LogP contribution in [0.15, 0.2) is 6.20 Å². The van der Waals surface area contributed by atoms with Crippen molar-refractivity contribution >= 4 is 0 Å². The van der Waals surface area contributed by atoms with Gasteiger partial charge in [-0.2, -0.15) is 5.10 Å². The number of nitrogens with zero attached hydrogens (tertiary/aromatic N) is 2. The number of hydrogen-bond donors (Lipinski definition) is 2. The Kier molecular flexibility index (Phi) is 6.21. The van der Waals surface area contributed by atoms with Crippen molar-refractivity contribution in [2.45, 2.75) is 58.3 Å². The summed E-state index contributed by atoms with van der Waals surface area (Å²) in [5.74, 6) is 0.833. The van der Waals surface area contributed by atoms with E-state index >= 15 is 0 Å². The van der Waals surface area contributed by atoms with Crippen LogP contribution in [0, 0.1) is 12.8 Å². The third-order valence-corrected chi connectivity index (χ3v) is 4.52. The number of rotatable bonds is 7. The van der Waals surface area contributed by atoms with Gasteiger partial charge in [0.25, 0.3) is 0 Å². The van der Waals surface area contributed by atoms with Crippen LogP contribution in [0.2, 0.25) is 0 Å². The Labute approximate surface area is 127 Å². The zero-order chi connectivity index (χ0) is 15.2. The minimum atomic E-state index is -0.443. The van der Waals surface area contributed by atoms with Crippen LogP contribution < -0.4 is 5.32 Å². The minimum absolute atomic E-state index is 0.344. The number of aliphatic hydroxyl groups is 1. The van der Waals surface area contributed by atoms with Crippen molar-refractivity contribution in [2.24, 2.45) is 13.0 Å². The molecule has 1 atom stereocenters. The Morgan fingerprint density at radius 2 is 2.14 bits per heavy atom. The lowest BCUT2D eigenvalue weighted by Crippen LogP contribution is -2.32. The van der Waals surface area contributed by atoms with Gasteiger partial charge in [-0.1, -0.05) is 6.92 Å². The largest absolute Gasteiger partial charge is 0.389 e. The van der Waals surface area contributed by atoms with Crippen LogP contribution in [-0.4, -0.2) is 40.2 Å². The first-order valence-corrected chi connectivity index (χ1v) is 8.04. The van der Waals surface area contributed by atoms with E-state index in [1.165, 1.54) is 18.4 Å². The molecule has 1 aliphatic carbocycles. The van der Waals surface area contributed by atoms with Crippen molar-refractivity contribution < 1.29 is 9.84 Å². The normalized spacial score (nSPS) is 24.2. The van der Waals surface area contributed by atoms with Gasteiger partial charge in [0.05, 0.1) is 25.0 Å². The summed E-state index contributed by atoms with van der Waals surface area (Å²) in [4.78, 5) is 0. The maximum absolute atomic E-state index is 9.98. The molecule has 0 bridgehead atoms. The molecule has 1 saturated carbocycles. The predicted octanol–water partition coefficient (Wildman–Crippen LogP) is 1.77. The lowest BCUT2D eigenvalue weighted by atomic mass is 9.89. The first-order valence-electron chi connectivity index (χ1n) is 8.04. The standard InChI is InChI=1S/C16H29N3O2/c1-12-4-6-16(7-5-12)21-11-15(20)10-17-8-14-9-18-19(3)13(14)2/h9,12,15-17,20H,4-8,10-11H2,1-3H3. The van der Waals surface area contributed by atoms with Crippen molar-refractivity contribution in [1.82, 2.24) is 15.1 Å². The fraction of sp³-hybridized carbons (Fsp3) is 0.812. The molecule has 5 nitrogen and oxygen atoms in total. The molecule has 0 radical (unpaired) electrons. The Bertz CT molecular complexity index is 425. The van der Waals surface area contributed by atoms with Crippen LogP contribution in [-0.2, 0) is 18.3 Å². The van der Waals surface area contributed by atoms with E-state index in [4.69, 9.17) is 4.74 Å². The summed E-state index contributed by atoms with van der Waals surface area (Å²) in [6, 6.07) is 0. The van der Waals surface area contributed by atoms with E-state index in [1.807, 2.05) is 24.9 Å². The topological polar surface area (TPSA) is 59.3 Å². The lowest BCUT2D eigenvalue weighted by molar-refractivity contribution is -0.0278. The van der Waals surface area contributed by atoms with E-state index in [-0.39, 0.29) is 0 Å². The van der Waals surface area contributed by atoms with Crippen molar-refractivity contribution in [3.05, 3.63) is 17.5 Å². The molecule has 1 aromatic heterocycles. The minimum Gasteiger partial charge on any atom is -0.389 e. The number of ether oxygens (including phenoxy) is 1. The molecule has 2 rings (SSSR count). The average Bonchev–Trinajstić information content (AvgIpc) is 2.79. The lowest BCUT2D eigenvalue weighted by Gasteiger charge is -2.27. The van der Waals surface area contributed by atoms with Gasteiger partial charge < -0.3 is 15.2 Å². The Hall–Kier alpha value is -0.910. The molecule has 2 N–H and O–H groups in total. The monoisotopic (exact) mass is 295 g/mol. The summed E-state index contributed by atoms with van der Waals surface area (Å²) in [7, 11) is 1.94. The second-order valence-corrected chi connectivity index (χ2v) is 6.38. The molecule has 1 fully saturated rings. The van der Waals surface area contributed by atoms with Gasteiger partial charge in [0.15, 0.2) is 0 Å². The van der Waals surface area contributed by atoms with Crippen LogP contribution in [0.1, 0.15) is 43.9 Å². The highest BCUT2D eigenvalue weighted by molar-refractivity contribution is 5.15. The summed E-state index contributed by atoms with van der Waals surface area (Å²) >= 11 is 0. The van der Waals surface area contributed by atoms with Gasteiger partial charge >= 0.3 is 0 Å². The van der Waals surface area contributed by atoms with Gasteiger partial charge in [0.2, 0.25) is 0 Å². The van der Waals surface area contributed by atoms with E-state index < -0.39 is 6.10 Å².